The zero-order valence-corrected chi connectivity index (χ0v) is 12.7. The van der Waals surface area contributed by atoms with E-state index < -0.39 is 10.0 Å². The maximum absolute atomic E-state index is 12.7. The summed E-state index contributed by atoms with van der Waals surface area (Å²) in [6, 6.07) is 4.46. The highest BCUT2D eigenvalue weighted by Gasteiger charge is 2.34. The first-order valence-electron chi connectivity index (χ1n) is 6.39. The molecule has 0 aliphatic heterocycles. The summed E-state index contributed by atoms with van der Waals surface area (Å²) in [4.78, 5) is 0.106. The van der Waals surface area contributed by atoms with Crippen LogP contribution in [0.4, 0.5) is 5.69 Å². The van der Waals surface area contributed by atoms with Crippen LogP contribution in [0.1, 0.15) is 26.7 Å². The van der Waals surface area contributed by atoms with Gasteiger partial charge in [0.2, 0.25) is 10.0 Å². The molecule has 1 aromatic rings. The van der Waals surface area contributed by atoms with Gasteiger partial charge in [-0.15, -0.1) is 0 Å². The number of nitrogens with zero attached hydrogens (tertiary/aromatic N) is 1. The summed E-state index contributed by atoms with van der Waals surface area (Å²) in [5, 5.41) is 0.378. The van der Waals surface area contributed by atoms with Gasteiger partial charge in [0.1, 0.15) is 4.90 Å². The van der Waals surface area contributed by atoms with E-state index in [2.05, 4.69) is 0 Å². The predicted molar refractivity (Wildman–Crippen MR) is 77.6 cm³/mol. The van der Waals surface area contributed by atoms with E-state index >= 15 is 0 Å². The fourth-order valence-electron chi connectivity index (χ4n) is 2.00. The topological polar surface area (TPSA) is 63.4 Å². The Morgan fingerprint density at radius 3 is 2.58 bits per heavy atom. The van der Waals surface area contributed by atoms with Gasteiger partial charge in [0.25, 0.3) is 0 Å². The molecule has 19 heavy (non-hydrogen) atoms. The Labute approximate surface area is 119 Å². The summed E-state index contributed by atoms with van der Waals surface area (Å²) >= 11 is 5.89. The third-order valence-corrected chi connectivity index (χ3v) is 5.61. The fraction of sp³-hybridized carbons (Fsp3) is 0.538. The second-order valence-electron chi connectivity index (χ2n) is 5.29. The summed E-state index contributed by atoms with van der Waals surface area (Å²) < 4.78 is 26.9. The smallest absolute Gasteiger partial charge is 0.245 e. The standard InChI is InChI=1S/C13H19ClN2O2S/c1-9(2)16(8-10-3-4-10)19(17,18)13-7-11(14)5-6-12(13)15/h5-7,9-10H,3-4,8,15H2,1-2H3. The monoisotopic (exact) mass is 302 g/mol. The number of halogens is 1. The van der Waals surface area contributed by atoms with Gasteiger partial charge < -0.3 is 5.73 Å². The number of sulfonamides is 1. The van der Waals surface area contributed by atoms with Crippen molar-refractivity contribution in [3.05, 3.63) is 23.2 Å². The highest BCUT2D eigenvalue weighted by Crippen LogP contribution is 2.34. The van der Waals surface area contributed by atoms with E-state index in [0.29, 0.717) is 17.5 Å². The average Bonchev–Trinajstić information content (AvgIpc) is 3.12. The van der Waals surface area contributed by atoms with Gasteiger partial charge in [0, 0.05) is 17.6 Å². The van der Waals surface area contributed by atoms with E-state index in [-0.39, 0.29) is 16.6 Å². The molecule has 0 heterocycles. The lowest BCUT2D eigenvalue weighted by molar-refractivity contribution is 0.342. The van der Waals surface area contributed by atoms with Gasteiger partial charge in [-0.05, 0) is 50.8 Å². The molecule has 1 fully saturated rings. The Balaban J connectivity index is 2.40. The van der Waals surface area contributed by atoms with Gasteiger partial charge in [0.05, 0.1) is 5.69 Å². The molecule has 0 amide bonds. The van der Waals surface area contributed by atoms with Gasteiger partial charge in [-0.1, -0.05) is 11.6 Å². The second kappa shape index (κ2) is 5.31. The van der Waals surface area contributed by atoms with Crippen molar-refractivity contribution in [3.63, 3.8) is 0 Å². The number of nitrogen functional groups attached to an aromatic ring is 1. The molecular formula is C13H19ClN2O2S. The number of benzene rings is 1. The number of rotatable bonds is 5. The van der Waals surface area contributed by atoms with Crippen molar-refractivity contribution in [1.29, 1.82) is 0 Å². The van der Waals surface area contributed by atoms with Crippen LogP contribution < -0.4 is 5.73 Å². The van der Waals surface area contributed by atoms with Crippen molar-refractivity contribution in [2.24, 2.45) is 5.92 Å². The third-order valence-electron chi connectivity index (χ3n) is 3.27. The molecule has 0 aromatic heterocycles. The van der Waals surface area contributed by atoms with Crippen LogP contribution in [0.15, 0.2) is 23.1 Å². The summed E-state index contributed by atoms with van der Waals surface area (Å²) in [5.41, 5.74) is 6.04. The fourth-order valence-corrected chi connectivity index (χ4v) is 4.09. The first kappa shape index (κ1) is 14.6. The predicted octanol–water partition coefficient (Wildman–Crippen LogP) is 2.73. The molecule has 1 aliphatic rings. The minimum absolute atomic E-state index is 0.0935. The summed E-state index contributed by atoms with van der Waals surface area (Å²) in [7, 11) is -3.58. The molecule has 0 bridgehead atoms. The Hall–Kier alpha value is -0.780. The lowest BCUT2D eigenvalue weighted by atomic mass is 10.3. The van der Waals surface area contributed by atoms with Gasteiger partial charge in [-0.25, -0.2) is 8.42 Å². The molecule has 1 aliphatic carbocycles. The zero-order valence-electron chi connectivity index (χ0n) is 11.1. The van der Waals surface area contributed by atoms with Crippen molar-refractivity contribution >= 4 is 27.3 Å². The van der Waals surface area contributed by atoms with E-state index in [0.717, 1.165) is 12.8 Å². The van der Waals surface area contributed by atoms with E-state index in [4.69, 9.17) is 17.3 Å². The van der Waals surface area contributed by atoms with E-state index in [9.17, 15) is 8.42 Å². The number of nitrogens with two attached hydrogens (primary N) is 1. The Morgan fingerprint density at radius 1 is 1.42 bits per heavy atom. The third kappa shape index (κ3) is 3.22. The molecule has 0 unspecified atom stereocenters. The molecule has 0 radical (unpaired) electrons. The quantitative estimate of drug-likeness (QED) is 0.851. The normalized spacial score (nSPS) is 16.3. The SMILES string of the molecule is CC(C)N(CC1CC1)S(=O)(=O)c1cc(Cl)ccc1N. The van der Waals surface area contributed by atoms with Crippen LogP contribution in [0.3, 0.4) is 0 Å². The molecule has 2 N–H and O–H groups in total. The van der Waals surface area contributed by atoms with Gasteiger partial charge in [-0.3, -0.25) is 0 Å². The van der Waals surface area contributed by atoms with Crippen LogP contribution in [0, 0.1) is 5.92 Å². The Kier molecular flexibility index (Phi) is 4.08. The van der Waals surface area contributed by atoms with Gasteiger partial charge in [-0.2, -0.15) is 4.31 Å². The van der Waals surface area contributed by atoms with Crippen molar-refractivity contribution < 1.29 is 8.42 Å². The van der Waals surface area contributed by atoms with Crippen molar-refractivity contribution in [1.82, 2.24) is 4.31 Å². The molecule has 106 valence electrons. The largest absolute Gasteiger partial charge is 0.398 e. The van der Waals surface area contributed by atoms with Crippen molar-refractivity contribution in [2.75, 3.05) is 12.3 Å². The maximum atomic E-state index is 12.7. The summed E-state index contributed by atoms with van der Waals surface area (Å²) in [6.45, 7) is 4.31. The molecule has 0 spiro atoms. The molecule has 1 saturated carbocycles. The van der Waals surface area contributed by atoms with E-state index in [1.165, 1.54) is 16.4 Å². The summed E-state index contributed by atoms with van der Waals surface area (Å²) in [6.07, 6.45) is 2.20. The summed E-state index contributed by atoms with van der Waals surface area (Å²) in [5.74, 6) is 0.484. The van der Waals surface area contributed by atoms with Crippen LogP contribution in [-0.4, -0.2) is 25.3 Å². The zero-order chi connectivity index (χ0) is 14.2. The Morgan fingerprint density at radius 2 is 2.05 bits per heavy atom. The van der Waals surface area contributed by atoms with Crippen LogP contribution in [0.2, 0.25) is 5.02 Å². The molecule has 2 rings (SSSR count). The number of hydrogen-bond donors (Lipinski definition) is 1. The van der Waals surface area contributed by atoms with E-state index in [1.54, 1.807) is 6.07 Å². The highest BCUT2D eigenvalue weighted by atomic mass is 35.5. The Bertz CT molecular complexity index is 568. The maximum Gasteiger partial charge on any atom is 0.245 e. The number of hydrogen-bond acceptors (Lipinski definition) is 3. The lowest BCUT2D eigenvalue weighted by Crippen LogP contribution is -2.38. The number of anilines is 1. The van der Waals surface area contributed by atoms with Crippen LogP contribution in [0.5, 0.6) is 0 Å². The second-order valence-corrected chi connectivity index (χ2v) is 7.59. The lowest BCUT2D eigenvalue weighted by Gasteiger charge is -2.26. The molecule has 0 saturated heterocycles. The minimum Gasteiger partial charge on any atom is -0.398 e. The highest BCUT2D eigenvalue weighted by molar-refractivity contribution is 7.89. The first-order valence-corrected chi connectivity index (χ1v) is 8.21. The van der Waals surface area contributed by atoms with Crippen molar-refractivity contribution in [3.8, 4) is 0 Å². The molecule has 6 heteroatoms. The van der Waals surface area contributed by atoms with Crippen molar-refractivity contribution in [2.45, 2.75) is 37.6 Å². The molecule has 1 aromatic carbocycles. The first-order chi connectivity index (χ1) is 8.82. The van der Waals surface area contributed by atoms with Gasteiger partial charge in [0.15, 0.2) is 0 Å². The van der Waals surface area contributed by atoms with Crippen LogP contribution >= 0.6 is 11.6 Å². The van der Waals surface area contributed by atoms with E-state index in [1.807, 2.05) is 13.8 Å². The molecule has 4 nitrogen and oxygen atoms in total. The van der Waals surface area contributed by atoms with Crippen LogP contribution in [0.25, 0.3) is 0 Å². The molecular weight excluding hydrogens is 284 g/mol. The minimum atomic E-state index is -3.58. The van der Waals surface area contributed by atoms with Gasteiger partial charge >= 0.3 is 0 Å². The molecule has 0 atom stereocenters. The van der Waals surface area contributed by atoms with Crippen LogP contribution in [-0.2, 0) is 10.0 Å². The average molecular weight is 303 g/mol.